The first kappa shape index (κ1) is 13.5. The Bertz CT molecular complexity index is 624. The second kappa shape index (κ2) is 5.36. The fourth-order valence-electron chi connectivity index (χ4n) is 1.47. The third-order valence-corrected chi connectivity index (χ3v) is 2.81. The van der Waals surface area contributed by atoms with Crippen LogP contribution in [0.15, 0.2) is 12.4 Å². The predicted molar refractivity (Wildman–Crippen MR) is 69.6 cm³/mol. The molecule has 7 heteroatoms. The SMILES string of the molecule is CCOC(=O)c1cnn(-c2nc(C)c(C)nc2Cl)c1. The third-order valence-electron chi connectivity index (χ3n) is 2.56. The molecule has 19 heavy (non-hydrogen) atoms. The van der Waals surface area contributed by atoms with Gasteiger partial charge in [0.1, 0.15) is 0 Å². The van der Waals surface area contributed by atoms with E-state index in [0.717, 1.165) is 11.4 Å². The van der Waals surface area contributed by atoms with E-state index >= 15 is 0 Å². The highest BCUT2D eigenvalue weighted by Crippen LogP contribution is 2.17. The molecule has 2 aromatic rings. The molecule has 0 bridgehead atoms. The maximum absolute atomic E-state index is 11.6. The second-order valence-electron chi connectivity index (χ2n) is 3.90. The van der Waals surface area contributed by atoms with Crippen LogP contribution in [0.1, 0.15) is 28.7 Å². The van der Waals surface area contributed by atoms with Gasteiger partial charge in [-0.05, 0) is 20.8 Å². The molecule has 2 rings (SSSR count). The summed E-state index contributed by atoms with van der Waals surface area (Å²) in [6.07, 6.45) is 2.92. The van der Waals surface area contributed by atoms with Gasteiger partial charge < -0.3 is 4.74 Å². The number of aryl methyl sites for hydroxylation is 2. The fraction of sp³-hybridized carbons (Fsp3) is 0.333. The normalized spacial score (nSPS) is 10.5. The van der Waals surface area contributed by atoms with Crippen molar-refractivity contribution in [1.29, 1.82) is 0 Å². The fourth-order valence-corrected chi connectivity index (χ4v) is 1.72. The van der Waals surface area contributed by atoms with E-state index in [0.29, 0.717) is 18.0 Å². The molecule has 0 unspecified atom stereocenters. The average molecular weight is 281 g/mol. The summed E-state index contributed by atoms with van der Waals surface area (Å²) in [5, 5.41) is 4.29. The molecule has 0 aromatic carbocycles. The first-order chi connectivity index (χ1) is 9.02. The number of carbonyl (C=O) groups is 1. The van der Waals surface area contributed by atoms with E-state index in [1.54, 1.807) is 6.92 Å². The van der Waals surface area contributed by atoms with E-state index in [4.69, 9.17) is 16.3 Å². The van der Waals surface area contributed by atoms with Crippen molar-refractivity contribution >= 4 is 17.6 Å². The smallest absolute Gasteiger partial charge is 0.341 e. The number of halogens is 1. The number of hydrogen-bond donors (Lipinski definition) is 0. The molecule has 2 aromatic heterocycles. The summed E-state index contributed by atoms with van der Waals surface area (Å²) in [5.41, 5.74) is 1.86. The third kappa shape index (κ3) is 2.73. The minimum atomic E-state index is -0.429. The topological polar surface area (TPSA) is 69.9 Å². The van der Waals surface area contributed by atoms with Gasteiger partial charge in [-0.1, -0.05) is 11.6 Å². The first-order valence-electron chi connectivity index (χ1n) is 5.75. The van der Waals surface area contributed by atoms with Crippen LogP contribution in [0, 0.1) is 13.8 Å². The lowest BCUT2D eigenvalue weighted by molar-refractivity contribution is 0.0526. The molecule has 0 aliphatic rings. The van der Waals surface area contributed by atoms with Crippen LogP contribution in [0.25, 0.3) is 5.82 Å². The van der Waals surface area contributed by atoms with Crippen molar-refractivity contribution in [3.8, 4) is 5.82 Å². The molecule has 0 radical (unpaired) electrons. The Morgan fingerprint density at radius 3 is 2.74 bits per heavy atom. The Hall–Kier alpha value is -1.95. The number of nitrogens with zero attached hydrogens (tertiary/aromatic N) is 4. The summed E-state index contributed by atoms with van der Waals surface area (Å²) in [7, 11) is 0. The highest BCUT2D eigenvalue weighted by Gasteiger charge is 2.14. The number of carbonyl (C=O) groups excluding carboxylic acids is 1. The lowest BCUT2D eigenvalue weighted by atomic mass is 10.3. The standard InChI is InChI=1S/C12H13ClN4O2/c1-4-19-12(18)9-5-14-17(6-9)11-10(13)15-7(2)8(3)16-11/h5-6H,4H2,1-3H3. The van der Waals surface area contributed by atoms with Crippen molar-refractivity contribution in [2.75, 3.05) is 6.61 Å². The van der Waals surface area contributed by atoms with Crippen molar-refractivity contribution in [3.05, 3.63) is 34.5 Å². The van der Waals surface area contributed by atoms with Crippen molar-refractivity contribution < 1.29 is 9.53 Å². The van der Waals surface area contributed by atoms with Crippen LogP contribution in [0.4, 0.5) is 0 Å². The van der Waals surface area contributed by atoms with E-state index in [1.807, 2.05) is 13.8 Å². The monoisotopic (exact) mass is 280 g/mol. The quantitative estimate of drug-likeness (QED) is 0.805. The Morgan fingerprint density at radius 1 is 1.37 bits per heavy atom. The summed E-state index contributed by atoms with van der Waals surface area (Å²) < 4.78 is 6.30. The van der Waals surface area contributed by atoms with E-state index < -0.39 is 5.97 Å². The van der Waals surface area contributed by atoms with Gasteiger partial charge in [0, 0.05) is 6.20 Å². The van der Waals surface area contributed by atoms with Crippen LogP contribution in [0.3, 0.4) is 0 Å². The van der Waals surface area contributed by atoms with Crippen molar-refractivity contribution in [2.45, 2.75) is 20.8 Å². The largest absolute Gasteiger partial charge is 0.462 e. The molecule has 0 spiro atoms. The summed E-state index contributed by atoms with van der Waals surface area (Å²) in [6.45, 7) is 5.71. The van der Waals surface area contributed by atoms with Crippen molar-refractivity contribution in [3.63, 3.8) is 0 Å². The van der Waals surface area contributed by atoms with Gasteiger partial charge in [-0.2, -0.15) is 5.10 Å². The Labute approximate surface area is 115 Å². The minimum absolute atomic E-state index is 0.238. The number of aromatic nitrogens is 4. The molecule has 100 valence electrons. The summed E-state index contributed by atoms with van der Waals surface area (Å²) in [4.78, 5) is 20.0. The van der Waals surface area contributed by atoms with Gasteiger partial charge in [-0.25, -0.2) is 19.4 Å². The van der Waals surface area contributed by atoms with Crippen molar-refractivity contribution in [1.82, 2.24) is 19.7 Å². The van der Waals surface area contributed by atoms with Gasteiger partial charge in [-0.15, -0.1) is 0 Å². The molecule has 0 atom stereocenters. The van der Waals surface area contributed by atoms with Crippen LogP contribution in [-0.4, -0.2) is 32.3 Å². The second-order valence-corrected chi connectivity index (χ2v) is 4.26. The lowest BCUT2D eigenvalue weighted by Crippen LogP contribution is -2.05. The van der Waals surface area contributed by atoms with E-state index in [2.05, 4.69) is 15.1 Å². The van der Waals surface area contributed by atoms with Crippen molar-refractivity contribution in [2.24, 2.45) is 0 Å². The molecule has 0 amide bonds. The molecule has 0 saturated heterocycles. The Balaban J connectivity index is 2.38. The molecular formula is C12H13ClN4O2. The van der Waals surface area contributed by atoms with Crippen LogP contribution >= 0.6 is 11.6 Å². The summed E-state index contributed by atoms with van der Waals surface area (Å²) >= 11 is 6.04. The van der Waals surface area contributed by atoms with Gasteiger partial charge in [0.05, 0.1) is 29.8 Å². The molecule has 2 heterocycles. The zero-order chi connectivity index (χ0) is 14.0. The molecule has 0 fully saturated rings. The maximum Gasteiger partial charge on any atom is 0.341 e. The molecular weight excluding hydrogens is 268 g/mol. The number of rotatable bonds is 3. The first-order valence-corrected chi connectivity index (χ1v) is 6.13. The van der Waals surface area contributed by atoms with Gasteiger partial charge in [0.25, 0.3) is 0 Å². The van der Waals surface area contributed by atoms with Crippen LogP contribution in [0.2, 0.25) is 5.15 Å². The van der Waals surface area contributed by atoms with Gasteiger partial charge in [-0.3, -0.25) is 0 Å². The summed E-state index contributed by atoms with van der Waals surface area (Å²) in [6, 6.07) is 0. The van der Waals surface area contributed by atoms with E-state index in [-0.39, 0.29) is 5.15 Å². The number of esters is 1. The Kier molecular flexibility index (Phi) is 3.80. The molecule has 0 aliphatic carbocycles. The van der Waals surface area contributed by atoms with Gasteiger partial charge >= 0.3 is 5.97 Å². The van der Waals surface area contributed by atoms with Crippen LogP contribution in [-0.2, 0) is 4.74 Å². The van der Waals surface area contributed by atoms with Gasteiger partial charge in [0.15, 0.2) is 11.0 Å². The molecule has 0 saturated carbocycles. The van der Waals surface area contributed by atoms with Crippen LogP contribution in [0.5, 0.6) is 0 Å². The highest BCUT2D eigenvalue weighted by molar-refractivity contribution is 6.30. The van der Waals surface area contributed by atoms with Gasteiger partial charge in [0.2, 0.25) is 0 Å². The minimum Gasteiger partial charge on any atom is -0.462 e. The van der Waals surface area contributed by atoms with Crippen LogP contribution < -0.4 is 0 Å². The lowest BCUT2D eigenvalue weighted by Gasteiger charge is -2.05. The average Bonchev–Trinajstić information content (AvgIpc) is 2.83. The van der Waals surface area contributed by atoms with E-state index in [1.165, 1.54) is 17.1 Å². The zero-order valence-electron chi connectivity index (χ0n) is 10.8. The number of ether oxygens (including phenoxy) is 1. The Morgan fingerprint density at radius 2 is 2.05 bits per heavy atom. The maximum atomic E-state index is 11.6. The zero-order valence-corrected chi connectivity index (χ0v) is 11.6. The summed E-state index contributed by atoms with van der Waals surface area (Å²) in [5.74, 6) is -0.0398. The molecule has 0 aliphatic heterocycles. The molecule has 6 nitrogen and oxygen atoms in total. The predicted octanol–water partition coefficient (Wildman–Crippen LogP) is 2.11. The van der Waals surface area contributed by atoms with E-state index in [9.17, 15) is 4.79 Å². The highest BCUT2D eigenvalue weighted by atomic mass is 35.5. The molecule has 0 N–H and O–H groups in total. The number of hydrogen-bond acceptors (Lipinski definition) is 5.